The largest absolute Gasteiger partial charge is 0.396 e. The fourth-order valence-electron chi connectivity index (χ4n) is 1.66. The lowest BCUT2D eigenvalue weighted by Gasteiger charge is -2.12. The van der Waals surface area contributed by atoms with Gasteiger partial charge in [0.1, 0.15) is 0 Å². The number of amides is 1. The standard InChI is InChI=1S/C14H20ClNO2S/c1-9-4-11(3)14(12(15)5-9)16-13(18)8-19-7-10(2)6-17/h4-5,10,17H,6-8H2,1-3H3,(H,16,18). The first kappa shape index (κ1) is 16.3. The molecule has 5 heteroatoms. The average Bonchev–Trinajstić information content (AvgIpc) is 2.33. The molecule has 1 unspecified atom stereocenters. The van der Waals surface area contributed by atoms with Crippen LogP contribution in [0.1, 0.15) is 18.1 Å². The molecule has 0 fully saturated rings. The Labute approximate surface area is 123 Å². The van der Waals surface area contributed by atoms with E-state index in [4.69, 9.17) is 16.7 Å². The molecule has 1 rings (SSSR count). The molecule has 19 heavy (non-hydrogen) atoms. The van der Waals surface area contributed by atoms with E-state index in [0.29, 0.717) is 16.5 Å². The van der Waals surface area contributed by atoms with Crippen LogP contribution in [0.25, 0.3) is 0 Å². The summed E-state index contributed by atoms with van der Waals surface area (Å²) in [6, 6.07) is 3.83. The molecule has 106 valence electrons. The van der Waals surface area contributed by atoms with Crippen molar-refractivity contribution in [1.29, 1.82) is 0 Å². The Kier molecular flexibility index (Phi) is 6.69. The topological polar surface area (TPSA) is 49.3 Å². The predicted octanol–water partition coefficient (Wildman–Crippen LogP) is 3.26. The summed E-state index contributed by atoms with van der Waals surface area (Å²) in [5.74, 6) is 1.28. The number of thioether (sulfide) groups is 1. The molecule has 0 aromatic heterocycles. The SMILES string of the molecule is Cc1cc(C)c(NC(=O)CSCC(C)CO)c(Cl)c1. The molecule has 1 aromatic rings. The zero-order chi connectivity index (χ0) is 14.4. The van der Waals surface area contributed by atoms with Crippen LogP contribution in [0, 0.1) is 19.8 Å². The zero-order valence-corrected chi connectivity index (χ0v) is 13.1. The number of hydrogen-bond acceptors (Lipinski definition) is 3. The molecule has 0 aliphatic heterocycles. The van der Waals surface area contributed by atoms with Crippen LogP contribution < -0.4 is 5.32 Å². The van der Waals surface area contributed by atoms with Gasteiger partial charge in [-0.3, -0.25) is 4.79 Å². The molecule has 3 nitrogen and oxygen atoms in total. The van der Waals surface area contributed by atoms with Crippen LogP contribution in [0.3, 0.4) is 0 Å². The Morgan fingerprint density at radius 1 is 1.47 bits per heavy atom. The number of benzene rings is 1. The van der Waals surface area contributed by atoms with Gasteiger partial charge in [-0.25, -0.2) is 0 Å². The smallest absolute Gasteiger partial charge is 0.234 e. The highest BCUT2D eigenvalue weighted by Gasteiger charge is 2.10. The normalized spacial score (nSPS) is 12.3. The third kappa shape index (κ3) is 5.43. The van der Waals surface area contributed by atoms with Gasteiger partial charge in [-0.05, 0) is 42.7 Å². The number of nitrogens with one attached hydrogen (secondary N) is 1. The number of carbonyl (C=O) groups is 1. The fourth-order valence-corrected chi connectivity index (χ4v) is 2.91. The van der Waals surface area contributed by atoms with Crippen LogP contribution in [-0.4, -0.2) is 29.1 Å². The second kappa shape index (κ2) is 7.78. The van der Waals surface area contributed by atoms with E-state index in [1.54, 1.807) is 0 Å². The summed E-state index contributed by atoms with van der Waals surface area (Å²) >= 11 is 7.64. The van der Waals surface area contributed by atoms with Crippen molar-refractivity contribution in [3.63, 3.8) is 0 Å². The van der Waals surface area contributed by atoms with E-state index in [0.717, 1.165) is 16.9 Å². The number of aliphatic hydroxyl groups is 1. The van der Waals surface area contributed by atoms with Crippen LogP contribution in [0.2, 0.25) is 5.02 Å². The number of rotatable bonds is 6. The Morgan fingerprint density at radius 2 is 2.16 bits per heavy atom. The van der Waals surface area contributed by atoms with Gasteiger partial charge in [0.25, 0.3) is 0 Å². The monoisotopic (exact) mass is 301 g/mol. The maximum atomic E-state index is 11.8. The van der Waals surface area contributed by atoms with Crippen molar-refractivity contribution >= 4 is 35.0 Å². The van der Waals surface area contributed by atoms with Crippen LogP contribution in [-0.2, 0) is 4.79 Å². The maximum absolute atomic E-state index is 11.8. The first-order chi connectivity index (χ1) is 8.93. The second-order valence-electron chi connectivity index (χ2n) is 4.79. The molecule has 1 atom stereocenters. The Bertz CT molecular complexity index is 428. The number of halogens is 1. The molecule has 0 aliphatic carbocycles. The van der Waals surface area contributed by atoms with Crippen LogP contribution >= 0.6 is 23.4 Å². The van der Waals surface area contributed by atoms with Crippen LogP contribution in [0.4, 0.5) is 5.69 Å². The van der Waals surface area contributed by atoms with E-state index in [2.05, 4.69) is 5.32 Å². The third-order valence-corrected chi connectivity index (χ3v) is 4.21. The number of aryl methyl sites for hydroxylation is 2. The molecule has 0 radical (unpaired) electrons. The lowest BCUT2D eigenvalue weighted by Crippen LogP contribution is -2.16. The average molecular weight is 302 g/mol. The maximum Gasteiger partial charge on any atom is 0.234 e. The van der Waals surface area contributed by atoms with Crippen molar-refractivity contribution in [2.75, 3.05) is 23.4 Å². The molecule has 0 bridgehead atoms. The molecule has 0 heterocycles. The predicted molar refractivity (Wildman–Crippen MR) is 83.1 cm³/mol. The first-order valence-electron chi connectivity index (χ1n) is 6.19. The summed E-state index contributed by atoms with van der Waals surface area (Å²) in [4.78, 5) is 11.8. The minimum atomic E-state index is -0.0657. The van der Waals surface area contributed by atoms with Gasteiger partial charge in [-0.2, -0.15) is 11.8 Å². The zero-order valence-electron chi connectivity index (χ0n) is 11.5. The van der Waals surface area contributed by atoms with Gasteiger partial charge >= 0.3 is 0 Å². The first-order valence-corrected chi connectivity index (χ1v) is 7.72. The van der Waals surface area contributed by atoms with E-state index in [1.807, 2.05) is 32.9 Å². The van der Waals surface area contributed by atoms with Gasteiger partial charge in [0.05, 0.1) is 16.5 Å². The Balaban J connectivity index is 2.53. The Morgan fingerprint density at radius 3 is 2.74 bits per heavy atom. The van der Waals surface area contributed by atoms with E-state index in [1.165, 1.54) is 11.8 Å². The van der Waals surface area contributed by atoms with Crippen molar-refractivity contribution in [2.45, 2.75) is 20.8 Å². The van der Waals surface area contributed by atoms with Crippen molar-refractivity contribution < 1.29 is 9.90 Å². The van der Waals surface area contributed by atoms with Crippen molar-refractivity contribution in [1.82, 2.24) is 0 Å². The summed E-state index contributed by atoms with van der Waals surface area (Å²) in [5, 5.41) is 12.3. The van der Waals surface area contributed by atoms with Crippen LogP contribution in [0.15, 0.2) is 12.1 Å². The second-order valence-corrected chi connectivity index (χ2v) is 6.23. The fraction of sp³-hybridized carbons (Fsp3) is 0.500. The van der Waals surface area contributed by atoms with E-state index < -0.39 is 0 Å². The lowest BCUT2D eigenvalue weighted by atomic mass is 10.1. The molecular formula is C14H20ClNO2S. The van der Waals surface area contributed by atoms with Gasteiger partial charge in [-0.1, -0.05) is 24.6 Å². The number of carbonyl (C=O) groups excluding carboxylic acids is 1. The molecule has 0 saturated carbocycles. The van der Waals surface area contributed by atoms with Crippen molar-refractivity contribution in [2.24, 2.45) is 5.92 Å². The molecule has 0 spiro atoms. The molecule has 0 aliphatic rings. The Hall–Kier alpha value is -0.710. The third-order valence-electron chi connectivity index (χ3n) is 2.64. The number of hydrogen-bond donors (Lipinski definition) is 2. The van der Waals surface area contributed by atoms with E-state index >= 15 is 0 Å². The molecule has 0 saturated heterocycles. The minimum absolute atomic E-state index is 0.0657. The molecule has 1 aromatic carbocycles. The minimum Gasteiger partial charge on any atom is -0.396 e. The van der Waals surface area contributed by atoms with Gasteiger partial charge in [0.15, 0.2) is 0 Å². The summed E-state index contributed by atoms with van der Waals surface area (Å²) in [7, 11) is 0. The summed E-state index contributed by atoms with van der Waals surface area (Å²) in [6.45, 7) is 6.00. The van der Waals surface area contributed by atoms with Gasteiger partial charge < -0.3 is 10.4 Å². The highest BCUT2D eigenvalue weighted by Crippen LogP contribution is 2.27. The molecular weight excluding hydrogens is 282 g/mol. The highest BCUT2D eigenvalue weighted by atomic mass is 35.5. The number of aliphatic hydroxyl groups excluding tert-OH is 1. The summed E-state index contributed by atoms with van der Waals surface area (Å²) in [5.41, 5.74) is 2.73. The number of anilines is 1. The van der Waals surface area contributed by atoms with Crippen molar-refractivity contribution in [3.05, 3.63) is 28.3 Å². The quantitative estimate of drug-likeness (QED) is 0.848. The summed E-state index contributed by atoms with van der Waals surface area (Å²) in [6.07, 6.45) is 0. The van der Waals surface area contributed by atoms with E-state index in [-0.39, 0.29) is 18.4 Å². The van der Waals surface area contributed by atoms with Gasteiger partial charge in [-0.15, -0.1) is 0 Å². The highest BCUT2D eigenvalue weighted by molar-refractivity contribution is 7.99. The van der Waals surface area contributed by atoms with Crippen molar-refractivity contribution in [3.8, 4) is 0 Å². The summed E-state index contributed by atoms with van der Waals surface area (Å²) < 4.78 is 0. The molecule has 1 amide bonds. The van der Waals surface area contributed by atoms with E-state index in [9.17, 15) is 4.79 Å². The van der Waals surface area contributed by atoms with Gasteiger partial charge in [0.2, 0.25) is 5.91 Å². The van der Waals surface area contributed by atoms with Gasteiger partial charge in [0, 0.05) is 6.61 Å². The lowest BCUT2D eigenvalue weighted by molar-refractivity contribution is -0.113. The molecule has 2 N–H and O–H groups in total. The van der Waals surface area contributed by atoms with Crippen LogP contribution in [0.5, 0.6) is 0 Å².